The first kappa shape index (κ1) is 17.3. The molecule has 0 aromatic heterocycles. The summed E-state index contributed by atoms with van der Waals surface area (Å²) in [5.74, 6) is -0.490. The smallest absolute Gasteiger partial charge is 0.267 e. The minimum absolute atomic E-state index is 0.0251. The lowest BCUT2D eigenvalue weighted by Crippen LogP contribution is -2.15. The number of hydrogen-bond acceptors (Lipinski definition) is 3. The Balaban J connectivity index is 2.12. The molecule has 0 bridgehead atoms. The van der Waals surface area contributed by atoms with Gasteiger partial charge in [0.05, 0.1) is 0 Å². The maximum absolute atomic E-state index is 12.2. The van der Waals surface area contributed by atoms with Crippen molar-refractivity contribution in [2.45, 2.75) is 6.92 Å². The fourth-order valence-electron chi connectivity index (χ4n) is 1.78. The van der Waals surface area contributed by atoms with Crippen molar-refractivity contribution in [1.29, 1.82) is 5.26 Å². The van der Waals surface area contributed by atoms with E-state index in [2.05, 4.69) is 33.2 Å². The minimum Gasteiger partial charge on any atom is -0.360 e. The Bertz CT molecular complexity index is 794. The molecule has 0 spiro atoms. The molecule has 0 fully saturated rings. The normalized spacial score (nSPS) is 10.8. The van der Waals surface area contributed by atoms with Crippen LogP contribution in [0.4, 0.5) is 11.4 Å². The molecule has 1 amide bonds. The Morgan fingerprint density at radius 3 is 2.61 bits per heavy atom. The fourth-order valence-corrected chi connectivity index (χ4v) is 2.32. The molecule has 0 heterocycles. The molecule has 2 rings (SSSR count). The first-order valence-electron chi connectivity index (χ1n) is 6.70. The molecule has 0 aliphatic rings. The van der Waals surface area contributed by atoms with E-state index in [-0.39, 0.29) is 5.57 Å². The minimum atomic E-state index is -0.490. The predicted octanol–water partition coefficient (Wildman–Crippen LogP) is 4.71. The summed E-state index contributed by atoms with van der Waals surface area (Å²) in [6.45, 7) is 1.80. The molecular formula is C17H13ClIN3O. The van der Waals surface area contributed by atoms with Crippen molar-refractivity contribution < 1.29 is 4.79 Å². The zero-order valence-corrected chi connectivity index (χ0v) is 15.1. The predicted molar refractivity (Wildman–Crippen MR) is 101 cm³/mol. The third-order valence-corrected chi connectivity index (χ3v) is 4.24. The first-order valence-corrected chi connectivity index (χ1v) is 8.16. The number of anilines is 2. The van der Waals surface area contributed by atoms with E-state index >= 15 is 0 Å². The van der Waals surface area contributed by atoms with Crippen molar-refractivity contribution in [2.24, 2.45) is 0 Å². The molecule has 6 heteroatoms. The Labute approximate surface area is 153 Å². The topological polar surface area (TPSA) is 64.9 Å². The van der Waals surface area contributed by atoms with Crippen molar-refractivity contribution in [2.75, 3.05) is 10.6 Å². The van der Waals surface area contributed by atoms with E-state index in [1.165, 1.54) is 6.20 Å². The molecule has 0 unspecified atom stereocenters. The van der Waals surface area contributed by atoms with Crippen LogP contribution in [0.1, 0.15) is 5.56 Å². The van der Waals surface area contributed by atoms with Gasteiger partial charge >= 0.3 is 0 Å². The van der Waals surface area contributed by atoms with E-state index in [0.717, 1.165) is 14.8 Å². The van der Waals surface area contributed by atoms with Gasteiger partial charge in [0.15, 0.2) is 0 Å². The molecule has 0 aliphatic carbocycles. The summed E-state index contributed by atoms with van der Waals surface area (Å²) >= 11 is 8.22. The lowest BCUT2D eigenvalue weighted by molar-refractivity contribution is -0.112. The zero-order chi connectivity index (χ0) is 16.8. The van der Waals surface area contributed by atoms with Gasteiger partial charge in [-0.1, -0.05) is 17.7 Å². The molecule has 0 saturated carbocycles. The van der Waals surface area contributed by atoms with Crippen molar-refractivity contribution >= 4 is 51.5 Å². The number of nitrogens with one attached hydrogen (secondary N) is 2. The summed E-state index contributed by atoms with van der Waals surface area (Å²) in [7, 11) is 0. The summed E-state index contributed by atoms with van der Waals surface area (Å²) in [6, 6.07) is 14.7. The largest absolute Gasteiger partial charge is 0.360 e. The number of nitrogens with zero attached hydrogens (tertiary/aromatic N) is 1. The van der Waals surface area contributed by atoms with Gasteiger partial charge in [0.25, 0.3) is 5.91 Å². The molecule has 2 aromatic carbocycles. The number of carbonyl (C=O) groups is 1. The second-order valence-corrected chi connectivity index (χ2v) is 6.34. The molecule has 2 aromatic rings. The molecule has 2 N–H and O–H groups in total. The number of hydrogen-bond donors (Lipinski definition) is 2. The lowest BCUT2D eigenvalue weighted by atomic mass is 10.2. The van der Waals surface area contributed by atoms with E-state index in [4.69, 9.17) is 11.6 Å². The number of halogens is 2. The molecule has 116 valence electrons. The molecule has 0 aliphatic heterocycles. The Morgan fingerprint density at radius 1 is 1.26 bits per heavy atom. The van der Waals surface area contributed by atoms with E-state index in [0.29, 0.717) is 10.7 Å². The molecule has 0 atom stereocenters. The summed E-state index contributed by atoms with van der Waals surface area (Å²) < 4.78 is 1.10. The maximum Gasteiger partial charge on any atom is 0.267 e. The van der Waals surface area contributed by atoms with Gasteiger partial charge in [-0.05, 0) is 71.5 Å². The number of nitriles is 1. The fraction of sp³-hybridized carbons (Fsp3) is 0.0588. The van der Waals surface area contributed by atoms with Crippen LogP contribution in [0.2, 0.25) is 5.02 Å². The van der Waals surface area contributed by atoms with E-state index in [1.807, 2.05) is 30.3 Å². The van der Waals surface area contributed by atoms with Crippen molar-refractivity contribution in [3.05, 3.63) is 68.4 Å². The van der Waals surface area contributed by atoms with Gasteiger partial charge in [0.2, 0.25) is 0 Å². The standard InChI is InChI=1S/C17H13ClIN3O/c1-11-15(18)3-2-4-16(11)22-17(23)12(9-20)10-21-14-7-5-13(19)6-8-14/h2-8,10,21H,1H3,(H,22,23)/b12-10-. The van der Waals surface area contributed by atoms with Crippen molar-refractivity contribution in [3.63, 3.8) is 0 Å². The highest BCUT2D eigenvalue weighted by Crippen LogP contribution is 2.23. The highest BCUT2D eigenvalue weighted by atomic mass is 127. The highest BCUT2D eigenvalue weighted by Gasteiger charge is 2.11. The molecule has 0 radical (unpaired) electrons. The number of rotatable bonds is 4. The second-order valence-electron chi connectivity index (χ2n) is 4.69. The number of amides is 1. The summed E-state index contributed by atoms with van der Waals surface area (Å²) in [5.41, 5.74) is 2.11. The van der Waals surface area contributed by atoms with Gasteiger partial charge in [-0.3, -0.25) is 4.79 Å². The van der Waals surface area contributed by atoms with Crippen LogP contribution in [-0.2, 0) is 4.79 Å². The van der Waals surface area contributed by atoms with Crippen LogP contribution >= 0.6 is 34.2 Å². The zero-order valence-electron chi connectivity index (χ0n) is 12.2. The van der Waals surface area contributed by atoms with Gasteiger partial charge < -0.3 is 10.6 Å². The quantitative estimate of drug-likeness (QED) is 0.414. The SMILES string of the molecule is Cc1c(Cl)cccc1NC(=O)/C(C#N)=C\Nc1ccc(I)cc1. The molecule has 0 saturated heterocycles. The molecular weight excluding hydrogens is 425 g/mol. The Morgan fingerprint density at radius 2 is 1.96 bits per heavy atom. The summed E-state index contributed by atoms with van der Waals surface area (Å²) in [4.78, 5) is 12.2. The second kappa shape index (κ2) is 7.99. The third-order valence-electron chi connectivity index (χ3n) is 3.11. The summed E-state index contributed by atoms with van der Waals surface area (Å²) in [5, 5.41) is 15.4. The van der Waals surface area contributed by atoms with Crippen LogP contribution in [0.15, 0.2) is 54.2 Å². The van der Waals surface area contributed by atoms with Crippen LogP contribution in [0.25, 0.3) is 0 Å². The van der Waals surface area contributed by atoms with Crippen LogP contribution < -0.4 is 10.6 Å². The summed E-state index contributed by atoms with van der Waals surface area (Å²) in [6.07, 6.45) is 1.39. The van der Waals surface area contributed by atoms with E-state index in [9.17, 15) is 10.1 Å². The van der Waals surface area contributed by atoms with Crippen molar-refractivity contribution in [3.8, 4) is 6.07 Å². The molecule has 23 heavy (non-hydrogen) atoms. The van der Waals surface area contributed by atoms with Crippen LogP contribution in [-0.4, -0.2) is 5.91 Å². The van der Waals surface area contributed by atoms with E-state index in [1.54, 1.807) is 25.1 Å². The van der Waals surface area contributed by atoms with Gasteiger partial charge in [-0.15, -0.1) is 0 Å². The average Bonchev–Trinajstić information content (AvgIpc) is 2.54. The first-order chi connectivity index (χ1) is 11.0. The van der Waals surface area contributed by atoms with Gasteiger partial charge in [-0.2, -0.15) is 5.26 Å². The van der Waals surface area contributed by atoms with Crippen LogP contribution in [0.5, 0.6) is 0 Å². The number of carbonyl (C=O) groups excluding carboxylic acids is 1. The van der Waals surface area contributed by atoms with Gasteiger partial charge in [0, 0.05) is 26.2 Å². The Hall–Kier alpha value is -2.04. The average molecular weight is 438 g/mol. The third kappa shape index (κ3) is 4.71. The Kier molecular flexibility index (Phi) is 6.02. The molecule has 4 nitrogen and oxygen atoms in total. The van der Waals surface area contributed by atoms with Crippen molar-refractivity contribution in [1.82, 2.24) is 0 Å². The van der Waals surface area contributed by atoms with Gasteiger partial charge in [-0.25, -0.2) is 0 Å². The van der Waals surface area contributed by atoms with Gasteiger partial charge in [0.1, 0.15) is 11.6 Å². The monoisotopic (exact) mass is 437 g/mol. The highest BCUT2D eigenvalue weighted by molar-refractivity contribution is 14.1. The van der Waals surface area contributed by atoms with Crippen LogP contribution in [0.3, 0.4) is 0 Å². The van der Waals surface area contributed by atoms with Crippen LogP contribution in [0, 0.1) is 21.8 Å². The number of benzene rings is 2. The lowest BCUT2D eigenvalue weighted by Gasteiger charge is -2.09. The maximum atomic E-state index is 12.2. The van der Waals surface area contributed by atoms with E-state index < -0.39 is 5.91 Å².